The van der Waals surface area contributed by atoms with Crippen LogP contribution in [0.3, 0.4) is 0 Å². The van der Waals surface area contributed by atoms with Crippen LogP contribution in [0.4, 0.5) is 5.69 Å². The van der Waals surface area contributed by atoms with Gasteiger partial charge in [-0.15, -0.1) is 4.40 Å². The van der Waals surface area contributed by atoms with E-state index in [1.807, 2.05) is 0 Å². The van der Waals surface area contributed by atoms with Crippen molar-refractivity contribution in [2.75, 3.05) is 24.6 Å². The molecule has 0 amide bonds. The van der Waals surface area contributed by atoms with Crippen molar-refractivity contribution in [3.8, 4) is 0 Å². The van der Waals surface area contributed by atoms with Crippen LogP contribution < -0.4 is 10.9 Å². The summed E-state index contributed by atoms with van der Waals surface area (Å²) in [5.74, 6) is 7.20. The second-order valence-electron chi connectivity index (χ2n) is 6.15. The Morgan fingerprint density at radius 1 is 1.27 bits per heavy atom. The van der Waals surface area contributed by atoms with E-state index in [1.165, 1.54) is 11.1 Å². The molecule has 0 saturated carbocycles. The molecular weight excluding hydrogens is 324 g/mol. The molecule has 6 nitrogen and oxygen atoms in total. The van der Waals surface area contributed by atoms with E-state index in [4.69, 9.17) is 17.4 Å². The Labute approximate surface area is 134 Å². The van der Waals surface area contributed by atoms with Gasteiger partial charge < -0.3 is 4.90 Å². The molecule has 1 atom stereocenters. The maximum absolute atomic E-state index is 12.5. The number of amidine groups is 1. The van der Waals surface area contributed by atoms with Gasteiger partial charge in [0.05, 0.1) is 5.69 Å². The molecule has 118 valence electrons. The van der Waals surface area contributed by atoms with Crippen molar-refractivity contribution in [3.63, 3.8) is 0 Å². The van der Waals surface area contributed by atoms with E-state index in [1.54, 1.807) is 12.1 Å². The summed E-state index contributed by atoms with van der Waals surface area (Å²) < 4.78 is 29.0. The van der Waals surface area contributed by atoms with Gasteiger partial charge in [-0.3, -0.25) is 5.01 Å². The highest BCUT2D eigenvalue weighted by Gasteiger charge is 2.42. The van der Waals surface area contributed by atoms with E-state index >= 15 is 0 Å². The smallest absolute Gasteiger partial charge is 0.286 e. The summed E-state index contributed by atoms with van der Waals surface area (Å²) in [5, 5.41) is 1.79. The molecule has 1 aromatic carbocycles. The fourth-order valence-corrected chi connectivity index (χ4v) is 5.25. The number of nitrogens with zero attached hydrogens (tertiary/aromatic N) is 3. The summed E-state index contributed by atoms with van der Waals surface area (Å²) in [6, 6.07) is 4.70. The normalized spacial score (nSPS) is 32.5. The first-order chi connectivity index (χ1) is 10.5. The van der Waals surface area contributed by atoms with Crippen LogP contribution in [-0.2, 0) is 10.0 Å². The number of hydrogen-bond donors (Lipinski definition) is 1. The molecule has 0 spiro atoms. The zero-order valence-electron chi connectivity index (χ0n) is 11.9. The summed E-state index contributed by atoms with van der Waals surface area (Å²) in [4.78, 5) is 2.43. The fourth-order valence-electron chi connectivity index (χ4n) is 3.74. The van der Waals surface area contributed by atoms with Gasteiger partial charge in [-0.05, 0) is 50.0 Å². The van der Waals surface area contributed by atoms with Crippen molar-refractivity contribution in [1.29, 1.82) is 0 Å². The molecular formula is C14H17ClN4O2S. The largest absolute Gasteiger partial charge is 0.303 e. The van der Waals surface area contributed by atoms with Crippen LogP contribution in [0.2, 0.25) is 5.02 Å². The van der Waals surface area contributed by atoms with Gasteiger partial charge in [-0.2, -0.15) is 8.42 Å². The molecule has 2 bridgehead atoms. The zero-order valence-corrected chi connectivity index (χ0v) is 13.5. The number of piperidine rings is 3. The van der Waals surface area contributed by atoms with Crippen LogP contribution in [0, 0.1) is 11.8 Å². The summed E-state index contributed by atoms with van der Waals surface area (Å²) in [6.45, 7) is 2.99. The Balaban J connectivity index is 1.79. The minimum atomic E-state index is -3.75. The van der Waals surface area contributed by atoms with Crippen molar-refractivity contribution in [2.24, 2.45) is 22.1 Å². The third kappa shape index (κ3) is 2.15. The molecule has 1 unspecified atom stereocenters. The summed E-state index contributed by atoms with van der Waals surface area (Å²) >= 11 is 5.91. The van der Waals surface area contributed by atoms with Crippen LogP contribution in [0.5, 0.6) is 0 Å². The average molecular weight is 341 g/mol. The molecule has 1 aromatic rings. The monoisotopic (exact) mass is 340 g/mol. The second kappa shape index (κ2) is 4.92. The third-order valence-corrected chi connectivity index (χ3v) is 6.45. The Morgan fingerprint density at radius 3 is 2.64 bits per heavy atom. The maximum atomic E-state index is 12.5. The number of benzene rings is 1. The molecule has 22 heavy (non-hydrogen) atoms. The van der Waals surface area contributed by atoms with Gasteiger partial charge in [0.25, 0.3) is 10.0 Å². The van der Waals surface area contributed by atoms with Crippen LogP contribution in [0.1, 0.15) is 12.8 Å². The van der Waals surface area contributed by atoms with E-state index in [2.05, 4.69) is 9.30 Å². The third-order valence-electron chi connectivity index (χ3n) is 4.91. The molecule has 0 radical (unpaired) electrons. The molecule has 2 N–H and O–H groups in total. The Hall–Kier alpha value is -1.15. The van der Waals surface area contributed by atoms with Gasteiger partial charge >= 0.3 is 0 Å². The van der Waals surface area contributed by atoms with Gasteiger partial charge in [0.2, 0.25) is 0 Å². The first kappa shape index (κ1) is 14.4. The number of nitrogens with two attached hydrogens (primary N) is 1. The van der Waals surface area contributed by atoms with Crippen LogP contribution in [-0.4, -0.2) is 38.8 Å². The van der Waals surface area contributed by atoms with Gasteiger partial charge in [-0.1, -0.05) is 11.6 Å². The quantitative estimate of drug-likeness (QED) is 0.783. The van der Waals surface area contributed by atoms with Crippen molar-refractivity contribution in [2.45, 2.75) is 17.7 Å². The van der Waals surface area contributed by atoms with E-state index < -0.39 is 10.0 Å². The molecule has 4 aliphatic rings. The molecule has 0 aliphatic carbocycles. The van der Waals surface area contributed by atoms with E-state index in [9.17, 15) is 8.42 Å². The molecule has 4 heterocycles. The molecule has 3 fully saturated rings. The van der Waals surface area contributed by atoms with Crippen molar-refractivity contribution < 1.29 is 8.42 Å². The fraction of sp³-hybridized carbons (Fsp3) is 0.500. The Kier molecular flexibility index (Phi) is 3.23. The SMILES string of the molecule is NN1C(C2CN3CCC2CC3)=NS(=O)(=O)c2cc(Cl)ccc21. The number of halogens is 1. The minimum absolute atomic E-state index is 0.0751. The topological polar surface area (TPSA) is 79.0 Å². The summed E-state index contributed by atoms with van der Waals surface area (Å²) in [6.07, 6.45) is 2.15. The standard InChI is InChI=1S/C14H17ClN4O2S/c15-10-1-2-12-13(7-10)22(20,21)17-14(19(12)16)11-8-18-5-3-9(11)4-6-18/h1-2,7,9,11H,3-6,8,16H2. The molecule has 0 aromatic heterocycles. The van der Waals surface area contributed by atoms with E-state index in [-0.39, 0.29) is 10.8 Å². The number of rotatable bonds is 1. The second-order valence-corrected chi connectivity index (χ2v) is 8.16. The highest BCUT2D eigenvalue weighted by Crippen LogP contribution is 2.39. The molecule has 5 rings (SSSR count). The van der Waals surface area contributed by atoms with E-state index in [0.717, 1.165) is 32.5 Å². The lowest BCUT2D eigenvalue weighted by Gasteiger charge is -2.46. The van der Waals surface area contributed by atoms with Crippen LogP contribution in [0.25, 0.3) is 0 Å². The minimum Gasteiger partial charge on any atom is -0.303 e. The first-order valence-electron chi connectivity index (χ1n) is 7.37. The number of anilines is 1. The first-order valence-corrected chi connectivity index (χ1v) is 9.19. The molecule has 3 saturated heterocycles. The number of hydrogen-bond acceptors (Lipinski definition) is 5. The predicted molar refractivity (Wildman–Crippen MR) is 85.4 cm³/mol. The lowest BCUT2D eigenvalue weighted by molar-refractivity contribution is 0.0813. The van der Waals surface area contributed by atoms with Gasteiger partial charge in [-0.25, -0.2) is 5.84 Å². The maximum Gasteiger partial charge on any atom is 0.286 e. The van der Waals surface area contributed by atoms with Gasteiger partial charge in [0.15, 0.2) is 0 Å². The number of sulfonamides is 1. The Bertz CT molecular complexity index is 756. The molecule has 4 aliphatic heterocycles. The van der Waals surface area contributed by atoms with Crippen LogP contribution >= 0.6 is 11.6 Å². The van der Waals surface area contributed by atoms with Crippen molar-refractivity contribution >= 4 is 33.1 Å². The highest BCUT2D eigenvalue weighted by molar-refractivity contribution is 7.90. The van der Waals surface area contributed by atoms with Crippen molar-refractivity contribution in [1.82, 2.24) is 4.90 Å². The van der Waals surface area contributed by atoms with Crippen molar-refractivity contribution in [3.05, 3.63) is 23.2 Å². The highest BCUT2D eigenvalue weighted by atomic mass is 35.5. The zero-order chi connectivity index (χ0) is 15.5. The van der Waals surface area contributed by atoms with E-state index in [0.29, 0.717) is 22.5 Å². The average Bonchev–Trinajstić information content (AvgIpc) is 2.52. The number of fused-ring (bicyclic) bond motifs is 4. The van der Waals surface area contributed by atoms with Gasteiger partial charge in [0.1, 0.15) is 10.7 Å². The molecule has 8 heteroatoms. The predicted octanol–water partition coefficient (Wildman–Crippen LogP) is 1.46. The summed E-state index contributed by atoms with van der Waals surface area (Å²) in [7, 11) is -3.75. The summed E-state index contributed by atoms with van der Waals surface area (Å²) in [5.41, 5.74) is 0.450. The van der Waals surface area contributed by atoms with Crippen LogP contribution in [0.15, 0.2) is 27.5 Å². The lowest BCUT2D eigenvalue weighted by Crippen LogP contribution is -2.56. The lowest BCUT2D eigenvalue weighted by atomic mass is 9.78. The Morgan fingerprint density at radius 2 is 2.00 bits per heavy atom. The number of hydrazine groups is 1. The van der Waals surface area contributed by atoms with Gasteiger partial charge in [0, 0.05) is 17.5 Å².